The quantitative estimate of drug-likeness (QED) is 0.0284. The second kappa shape index (κ2) is 36.1. The summed E-state index contributed by atoms with van der Waals surface area (Å²) < 4.78 is 24.1. The van der Waals surface area contributed by atoms with Gasteiger partial charge in [0.05, 0.1) is 26.4 Å². The Morgan fingerprint density at radius 1 is 0.322 bits per heavy atom. The highest BCUT2D eigenvalue weighted by Gasteiger charge is 2.16. The van der Waals surface area contributed by atoms with E-state index in [1.165, 1.54) is 55.6 Å². The first-order valence-corrected chi connectivity index (χ1v) is 32.6. The Morgan fingerprint density at radius 3 is 0.944 bits per heavy atom. The molecule has 0 aromatic heterocycles. The van der Waals surface area contributed by atoms with Gasteiger partial charge in [-0.2, -0.15) is 0 Å². The standard InChI is InChI=1S/C84H92N2O4/c1-6-66(4)22-23-67(5)62-87-58-12-18-70-34-46-79(47-35-70)85(81-50-38-72(39-51-81)20-14-60-89-64-77-30-24-68(7-2)25-31-77)83-54-42-74(43-55-83)28-29-75-44-56-84(57-45-75)86(80-48-36-71(37-49-80)19-13-59-88-63-76-16-10-9-11-17-76)82-52-40-73(41-53-82)21-15-61-90-65-78-32-26-69(8-3)27-33-78/h8-11,16-17,22-27,30-57H,3-7,12-15,18-21,28-29,58-65H2,1-2H3. The van der Waals surface area contributed by atoms with Crippen molar-refractivity contribution < 1.29 is 18.9 Å². The van der Waals surface area contributed by atoms with Crippen molar-refractivity contribution in [3.8, 4) is 0 Å². The number of aryl methyl sites for hydroxylation is 7. The molecule has 9 rings (SSSR count). The van der Waals surface area contributed by atoms with Gasteiger partial charge in [0.25, 0.3) is 0 Å². The number of rotatable bonds is 38. The molecule has 0 aliphatic rings. The van der Waals surface area contributed by atoms with Crippen LogP contribution in [0.3, 0.4) is 0 Å². The molecule has 0 aliphatic heterocycles. The minimum absolute atomic E-state index is 0.529. The van der Waals surface area contributed by atoms with Crippen LogP contribution in [0.4, 0.5) is 34.1 Å². The maximum Gasteiger partial charge on any atom is 0.0716 e. The fraction of sp³-hybridized carbons (Fsp3) is 0.262. The summed E-state index contributed by atoms with van der Waals surface area (Å²) in [6.45, 7) is 21.6. The van der Waals surface area contributed by atoms with Gasteiger partial charge in [-0.1, -0.05) is 209 Å². The zero-order valence-corrected chi connectivity index (χ0v) is 53.4. The van der Waals surface area contributed by atoms with Crippen LogP contribution in [-0.2, 0) is 83.7 Å². The second-order valence-electron chi connectivity index (χ2n) is 23.4. The normalized spacial score (nSPS) is 11.3. The van der Waals surface area contributed by atoms with Crippen LogP contribution in [0.2, 0.25) is 0 Å². The third-order valence-electron chi connectivity index (χ3n) is 16.5. The highest BCUT2D eigenvalue weighted by Crippen LogP contribution is 2.37. The molecule has 0 radical (unpaired) electrons. The fourth-order valence-corrected chi connectivity index (χ4v) is 10.9. The van der Waals surface area contributed by atoms with Crippen LogP contribution < -0.4 is 9.80 Å². The third-order valence-corrected chi connectivity index (χ3v) is 16.5. The lowest BCUT2D eigenvalue weighted by Gasteiger charge is -2.26. The number of nitrogens with zero attached hydrogens (tertiary/aromatic N) is 2. The van der Waals surface area contributed by atoms with Crippen LogP contribution in [0.25, 0.3) is 6.08 Å². The van der Waals surface area contributed by atoms with E-state index in [9.17, 15) is 0 Å². The summed E-state index contributed by atoms with van der Waals surface area (Å²) >= 11 is 0. The Bertz CT molecular complexity index is 3570. The van der Waals surface area contributed by atoms with E-state index in [2.05, 4.69) is 262 Å². The van der Waals surface area contributed by atoms with Crippen LogP contribution >= 0.6 is 0 Å². The van der Waals surface area contributed by atoms with Crippen molar-refractivity contribution in [2.45, 2.75) is 111 Å². The summed E-state index contributed by atoms with van der Waals surface area (Å²) in [6.07, 6.45) is 17.4. The van der Waals surface area contributed by atoms with E-state index in [4.69, 9.17) is 18.9 Å². The molecule has 0 atom stereocenters. The molecule has 0 saturated carbocycles. The van der Waals surface area contributed by atoms with E-state index in [0.29, 0.717) is 39.6 Å². The maximum absolute atomic E-state index is 6.08. The van der Waals surface area contributed by atoms with Crippen molar-refractivity contribution in [3.05, 3.63) is 329 Å². The molecule has 0 N–H and O–H groups in total. The smallest absolute Gasteiger partial charge is 0.0716 e. The average Bonchev–Trinajstić information content (AvgIpc) is 1.71. The molecule has 0 aliphatic carbocycles. The summed E-state index contributed by atoms with van der Waals surface area (Å²) in [4.78, 5) is 4.75. The van der Waals surface area contributed by atoms with Gasteiger partial charge >= 0.3 is 0 Å². The molecule has 0 bridgehead atoms. The first-order chi connectivity index (χ1) is 44.3. The number of hydrogen-bond donors (Lipinski definition) is 0. The minimum atomic E-state index is 0.529. The van der Waals surface area contributed by atoms with Gasteiger partial charge in [0, 0.05) is 60.6 Å². The highest BCUT2D eigenvalue weighted by atomic mass is 16.5. The van der Waals surface area contributed by atoms with Crippen LogP contribution in [-0.4, -0.2) is 33.0 Å². The van der Waals surface area contributed by atoms with Gasteiger partial charge in [-0.25, -0.2) is 0 Å². The van der Waals surface area contributed by atoms with Gasteiger partial charge in [0.15, 0.2) is 0 Å². The lowest BCUT2D eigenvalue weighted by molar-refractivity contribution is 0.118. The summed E-state index contributed by atoms with van der Waals surface area (Å²) in [7, 11) is 0. The Morgan fingerprint density at radius 2 is 0.611 bits per heavy atom. The van der Waals surface area contributed by atoms with Crippen LogP contribution in [0.1, 0.15) is 107 Å². The van der Waals surface area contributed by atoms with E-state index < -0.39 is 0 Å². The van der Waals surface area contributed by atoms with Gasteiger partial charge < -0.3 is 28.7 Å². The van der Waals surface area contributed by atoms with Crippen LogP contribution in [0, 0.1) is 0 Å². The number of anilines is 6. The van der Waals surface area contributed by atoms with Crippen LogP contribution in [0.15, 0.2) is 267 Å². The maximum atomic E-state index is 6.08. The molecule has 0 unspecified atom stereocenters. The molecule has 0 saturated heterocycles. The molecule has 0 heterocycles. The molecule has 462 valence electrons. The van der Waals surface area contributed by atoms with Gasteiger partial charge in [-0.15, -0.1) is 0 Å². The van der Waals surface area contributed by atoms with Crippen molar-refractivity contribution in [1.29, 1.82) is 0 Å². The molecule has 9 aromatic rings. The van der Waals surface area contributed by atoms with E-state index in [-0.39, 0.29) is 0 Å². The Kier molecular flexibility index (Phi) is 26.4. The summed E-state index contributed by atoms with van der Waals surface area (Å²) in [5.74, 6) is 0. The Hall–Kier alpha value is -8.62. The van der Waals surface area contributed by atoms with Crippen molar-refractivity contribution in [3.63, 3.8) is 0 Å². The van der Waals surface area contributed by atoms with Crippen LogP contribution in [0.5, 0.6) is 0 Å². The first-order valence-electron chi connectivity index (χ1n) is 32.6. The van der Waals surface area contributed by atoms with Gasteiger partial charge in [0.1, 0.15) is 0 Å². The summed E-state index contributed by atoms with van der Waals surface area (Å²) in [5.41, 5.74) is 22.7. The molecule has 0 spiro atoms. The fourth-order valence-electron chi connectivity index (χ4n) is 10.9. The Labute approximate surface area is 538 Å². The lowest BCUT2D eigenvalue weighted by Crippen LogP contribution is -2.10. The minimum Gasteiger partial charge on any atom is -0.377 e. The van der Waals surface area contributed by atoms with E-state index in [1.54, 1.807) is 0 Å². The predicted molar refractivity (Wildman–Crippen MR) is 379 cm³/mol. The Balaban J connectivity index is 0.835. The summed E-state index contributed by atoms with van der Waals surface area (Å²) in [6, 6.07) is 82.1. The van der Waals surface area contributed by atoms with Crippen molar-refractivity contribution in [2.75, 3.05) is 42.8 Å². The van der Waals surface area contributed by atoms with Gasteiger partial charge in [0.2, 0.25) is 0 Å². The number of hydrogen-bond acceptors (Lipinski definition) is 6. The molecule has 9 aromatic carbocycles. The third kappa shape index (κ3) is 21.3. The first kappa shape index (κ1) is 65.8. The number of benzene rings is 9. The second-order valence-corrected chi connectivity index (χ2v) is 23.4. The zero-order chi connectivity index (χ0) is 62.4. The number of allylic oxidation sites excluding steroid dienone is 2. The molecular formula is C84H92N2O4. The molecule has 90 heavy (non-hydrogen) atoms. The number of ether oxygens (including phenoxy) is 4. The molecule has 6 nitrogen and oxygen atoms in total. The topological polar surface area (TPSA) is 43.4 Å². The SMILES string of the molecule is C=Cc1ccc(COCCCc2ccc(N(c3ccc(CCCOCc4ccccc4)cc3)c3ccc(CCc4ccc(N(c5ccc(CCCOCC(=C)C=CC(=C)CC)cc5)c5ccc(CCCOCc6ccc(CC)cc6)cc5)cc4)cc3)cc2)cc1. The van der Waals surface area contributed by atoms with Gasteiger partial charge in [-0.3, -0.25) is 0 Å². The van der Waals surface area contributed by atoms with Gasteiger partial charge in [-0.05, 0) is 217 Å². The summed E-state index contributed by atoms with van der Waals surface area (Å²) in [5, 5.41) is 0. The monoisotopic (exact) mass is 1190 g/mol. The highest BCUT2D eigenvalue weighted by molar-refractivity contribution is 5.78. The molecular weight excluding hydrogens is 1100 g/mol. The van der Waals surface area contributed by atoms with E-state index >= 15 is 0 Å². The van der Waals surface area contributed by atoms with Crippen molar-refractivity contribution >= 4 is 40.2 Å². The largest absolute Gasteiger partial charge is 0.377 e. The molecule has 0 amide bonds. The van der Waals surface area contributed by atoms with E-state index in [1.807, 2.05) is 24.3 Å². The zero-order valence-electron chi connectivity index (χ0n) is 53.4. The lowest BCUT2D eigenvalue weighted by atomic mass is 10.0. The molecule has 0 fully saturated rings. The van der Waals surface area contributed by atoms with Crippen molar-refractivity contribution in [2.24, 2.45) is 0 Å². The molecule has 6 heteroatoms. The predicted octanol–water partition coefficient (Wildman–Crippen LogP) is 21.1. The van der Waals surface area contributed by atoms with Crippen molar-refractivity contribution in [1.82, 2.24) is 0 Å². The van der Waals surface area contributed by atoms with E-state index in [0.717, 1.165) is 141 Å². The average molecular weight is 1190 g/mol.